The van der Waals surface area contributed by atoms with Crippen LogP contribution in [0, 0.1) is 0 Å². The highest BCUT2D eigenvalue weighted by Crippen LogP contribution is 2.33. The summed E-state index contributed by atoms with van der Waals surface area (Å²) in [7, 11) is 6.45. The highest BCUT2D eigenvalue weighted by atomic mass is 35.5. The predicted molar refractivity (Wildman–Crippen MR) is 93.8 cm³/mol. The van der Waals surface area contributed by atoms with Gasteiger partial charge in [-0.3, -0.25) is 0 Å². The zero-order valence-corrected chi connectivity index (χ0v) is 16.9. The van der Waals surface area contributed by atoms with Gasteiger partial charge in [0.25, 0.3) is 0 Å². The van der Waals surface area contributed by atoms with Crippen molar-refractivity contribution in [3.05, 3.63) is 28.8 Å². The predicted octanol–water partition coefficient (Wildman–Crippen LogP) is 5.06. The van der Waals surface area contributed by atoms with Crippen LogP contribution in [-0.2, 0) is 16.2 Å². The van der Waals surface area contributed by atoms with Gasteiger partial charge >= 0.3 is 19.3 Å². The van der Waals surface area contributed by atoms with E-state index in [1.807, 2.05) is 0 Å². The van der Waals surface area contributed by atoms with Crippen LogP contribution in [0.2, 0.25) is 0 Å². The molecule has 0 saturated heterocycles. The van der Waals surface area contributed by atoms with Gasteiger partial charge in [-0.2, -0.15) is 0 Å². The molecule has 0 amide bonds. The molecule has 0 spiro atoms. The van der Waals surface area contributed by atoms with E-state index in [1.165, 1.54) is 20.4 Å². The molecular formula is C18H29ClMg. The molecule has 0 unspecified atom stereocenters. The first-order valence-corrected chi connectivity index (χ1v) is 10.4. The van der Waals surface area contributed by atoms with Crippen molar-refractivity contribution in [1.29, 1.82) is 0 Å². The number of hydrogen-bond donors (Lipinski definition) is 0. The minimum atomic E-state index is -0.714. The third-order valence-corrected chi connectivity index (χ3v) is 5.70. The molecule has 0 nitrogen and oxygen atoms in total. The van der Waals surface area contributed by atoms with Gasteiger partial charge in [-0.05, 0) is 21.8 Å². The number of rotatable bonds is 1. The van der Waals surface area contributed by atoms with E-state index < -0.39 is 19.3 Å². The Kier molecular flexibility index (Phi) is 5.33. The van der Waals surface area contributed by atoms with Gasteiger partial charge in [0.05, 0.1) is 0 Å². The van der Waals surface area contributed by atoms with Crippen LogP contribution in [0.1, 0.15) is 79.0 Å². The van der Waals surface area contributed by atoms with Gasteiger partial charge in [0, 0.05) is 0 Å². The van der Waals surface area contributed by atoms with Crippen molar-refractivity contribution >= 4 is 32.0 Å². The summed E-state index contributed by atoms with van der Waals surface area (Å²) in [6.07, 6.45) is 0. The first-order valence-electron chi connectivity index (χ1n) is 7.53. The van der Waals surface area contributed by atoms with Gasteiger partial charge in [-0.1, -0.05) is 85.6 Å². The maximum atomic E-state index is 6.45. The molecule has 1 rings (SSSR count). The molecule has 0 heterocycles. The van der Waals surface area contributed by atoms with Gasteiger partial charge in [-0.15, -0.1) is 3.69 Å². The Morgan fingerprint density at radius 2 is 1.05 bits per heavy atom. The monoisotopic (exact) mass is 304 g/mol. The van der Waals surface area contributed by atoms with Crippen LogP contribution in [-0.4, -0.2) is 19.3 Å². The lowest BCUT2D eigenvalue weighted by Gasteiger charge is -2.34. The van der Waals surface area contributed by atoms with Crippen molar-refractivity contribution in [2.75, 3.05) is 0 Å². The fourth-order valence-corrected chi connectivity index (χ4v) is 5.00. The number of benzene rings is 1. The van der Waals surface area contributed by atoms with Crippen molar-refractivity contribution < 1.29 is 0 Å². The van der Waals surface area contributed by atoms with Crippen molar-refractivity contribution in [3.8, 4) is 0 Å². The van der Waals surface area contributed by atoms with Crippen LogP contribution < -0.4 is 3.69 Å². The molecule has 0 N–H and O–H groups in total. The molecule has 0 fully saturated rings. The van der Waals surface area contributed by atoms with Gasteiger partial charge in [0.1, 0.15) is 0 Å². The van der Waals surface area contributed by atoms with Crippen molar-refractivity contribution in [2.24, 2.45) is 0 Å². The molecule has 0 aliphatic heterocycles. The lowest BCUT2D eigenvalue weighted by atomic mass is 9.75. The molecule has 0 atom stereocenters. The lowest BCUT2D eigenvalue weighted by molar-refractivity contribution is 0.553. The molecule has 0 saturated carbocycles. The Balaban J connectivity index is 3.75. The highest BCUT2D eigenvalue weighted by Gasteiger charge is 2.28. The minimum Gasteiger partial charge on any atom is -0.336 e. The van der Waals surface area contributed by atoms with Crippen LogP contribution in [0.25, 0.3) is 0 Å². The van der Waals surface area contributed by atoms with Crippen LogP contribution in [0.5, 0.6) is 0 Å². The molecule has 1 aromatic carbocycles. The largest absolute Gasteiger partial charge is 0.539 e. The highest BCUT2D eigenvalue weighted by molar-refractivity contribution is 7.01. The van der Waals surface area contributed by atoms with E-state index in [0.29, 0.717) is 0 Å². The van der Waals surface area contributed by atoms with E-state index in [0.717, 1.165) is 0 Å². The number of hydrogen-bond acceptors (Lipinski definition) is 0. The maximum absolute atomic E-state index is 6.45. The van der Waals surface area contributed by atoms with Crippen LogP contribution in [0.3, 0.4) is 0 Å². The van der Waals surface area contributed by atoms with Crippen molar-refractivity contribution in [1.82, 2.24) is 0 Å². The second-order valence-electron chi connectivity index (χ2n) is 8.93. The topological polar surface area (TPSA) is 0 Å². The third-order valence-electron chi connectivity index (χ3n) is 3.87. The Bertz CT molecular complexity index is 447. The minimum absolute atomic E-state index is 0.151. The summed E-state index contributed by atoms with van der Waals surface area (Å²) in [6.45, 7) is 20.7. The summed E-state index contributed by atoms with van der Waals surface area (Å²) < 4.78 is 1.46. The van der Waals surface area contributed by atoms with E-state index in [9.17, 15) is 0 Å². The van der Waals surface area contributed by atoms with Gasteiger partial charge < -0.3 is 9.07 Å². The second-order valence-corrected chi connectivity index (χ2v) is 10.7. The van der Waals surface area contributed by atoms with Crippen LogP contribution >= 0.6 is 9.07 Å². The van der Waals surface area contributed by atoms with Gasteiger partial charge in [0.2, 0.25) is 0 Å². The summed E-state index contributed by atoms with van der Waals surface area (Å²) >= 11 is -0.714. The van der Waals surface area contributed by atoms with Crippen molar-refractivity contribution in [2.45, 2.75) is 78.6 Å². The standard InChI is InChI=1S/C18H29.ClH.Mg/c1-16(2,3)13-10-14(17(4,5)6)12-15(11-13)18(7,8)9;;/h10-11H,1-9H3;1H;/q;;+1/p-1. The third kappa shape index (κ3) is 4.15. The van der Waals surface area contributed by atoms with E-state index in [-0.39, 0.29) is 16.2 Å². The average Bonchev–Trinajstić information content (AvgIpc) is 2.23. The Morgan fingerprint density at radius 3 is 1.25 bits per heavy atom. The summed E-state index contributed by atoms with van der Waals surface area (Å²) in [5.41, 5.74) is 4.81. The average molecular weight is 305 g/mol. The fourth-order valence-electron chi connectivity index (χ4n) is 2.59. The van der Waals surface area contributed by atoms with Crippen LogP contribution in [0.4, 0.5) is 0 Å². The molecule has 0 bridgehead atoms. The first kappa shape index (κ1) is 18.3. The van der Waals surface area contributed by atoms with Crippen molar-refractivity contribution in [3.63, 3.8) is 0 Å². The molecule has 0 aliphatic carbocycles. The smallest absolute Gasteiger partial charge is 0.336 e. The lowest BCUT2D eigenvalue weighted by Crippen LogP contribution is -2.35. The molecule has 0 radical (unpaired) electrons. The molecule has 0 aromatic heterocycles. The van der Waals surface area contributed by atoms with E-state index >= 15 is 0 Å². The molecule has 2 heteroatoms. The van der Waals surface area contributed by atoms with E-state index in [4.69, 9.17) is 9.07 Å². The Labute approximate surface area is 139 Å². The SMILES string of the molecule is CC(C)(C)c1cc(C(C)(C)C)[c]([Mg][Cl])c(C(C)(C)C)c1. The summed E-state index contributed by atoms with van der Waals surface area (Å²) in [5, 5.41) is 0. The normalized spacial score (nSPS) is 13.3. The first-order chi connectivity index (χ1) is 8.78. The van der Waals surface area contributed by atoms with E-state index in [2.05, 4.69) is 74.4 Å². The second kappa shape index (κ2) is 5.81. The Morgan fingerprint density at radius 1 is 0.700 bits per heavy atom. The molecule has 20 heavy (non-hydrogen) atoms. The number of halogens is 1. The summed E-state index contributed by atoms with van der Waals surface area (Å²) in [4.78, 5) is 0. The zero-order chi connectivity index (χ0) is 15.9. The van der Waals surface area contributed by atoms with Crippen LogP contribution in [0.15, 0.2) is 12.1 Å². The van der Waals surface area contributed by atoms with Gasteiger partial charge in [-0.25, -0.2) is 0 Å². The molecular weight excluding hydrogens is 276 g/mol. The quantitative estimate of drug-likeness (QED) is 0.636. The Hall–Kier alpha value is 0.276. The molecule has 1 aromatic rings. The van der Waals surface area contributed by atoms with Gasteiger partial charge in [0.15, 0.2) is 0 Å². The molecule has 0 aliphatic rings. The molecule has 110 valence electrons. The van der Waals surface area contributed by atoms with E-state index in [1.54, 1.807) is 0 Å². The summed E-state index contributed by atoms with van der Waals surface area (Å²) in [6, 6.07) is 4.81. The summed E-state index contributed by atoms with van der Waals surface area (Å²) in [5.74, 6) is 0. The maximum Gasteiger partial charge on any atom is 0.539 e. The zero-order valence-electron chi connectivity index (χ0n) is 14.7. The fraction of sp³-hybridized carbons (Fsp3) is 0.667.